The maximum Gasteiger partial charge on any atom is 0.321 e. The Kier molecular flexibility index (Phi) is 3.42. The number of carboxylic acids is 1. The van der Waals surface area contributed by atoms with E-state index in [1.54, 1.807) is 12.1 Å². The van der Waals surface area contributed by atoms with Crippen LogP contribution in [0.5, 0.6) is 5.75 Å². The fourth-order valence-corrected chi connectivity index (χ4v) is 4.04. The molecule has 2 aliphatic rings. The number of fused-ring (bicyclic) bond motifs is 1. The number of benzene rings is 1. The molecule has 20 heavy (non-hydrogen) atoms. The maximum absolute atomic E-state index is 11.7. The summed E-state index contributed by atoms with van der Waals surface area (Å²) in [5.74, 6) is 0.357. The molecule has 1 aromatic carbocycles. The predicted molar refractivity (Wildman–Crippen MR) is 75.5 cm³/mol. The molecule has 4 nitrogen and oxygen atoms in total. The maximum atomic E-state index is 11.7. The van der Waals surface area contributed by atoms with Gasteiger partial charge in [0, 0.05) is 12.6 Å². The highest BCUT2D eigenvalue weighted by molar-refractivity contribution is 5.74. The molecule has 1 saturated heterocycles. The second kappa shape index (κ2) is 5.09. The van der Waals surface area contributed by atoms with E-state index in [1.165, 1.54) is 0 Å². The summed E-state index contributed by atoms with van der Waals surface area (Å²) in [6.07, 6.45) is 3.34. The highest BCUT2D eigenvalue weighted by atomic mass is 16.4. The van der Waals surface area contributed by atoms with E-state index in [-0.39, 0.29) is 17.8 Å². The molecule has 4 unspecified atom stereocenters. The first-order chi connectivity index (χ1) is 9.58. The van der Waals surface area contributed by atoms with Gasteiger partial charge in [-0.25, -0.2) is 0 Å². The molecule has 1 aromatic rings. The van der Waals surface area contributed by atoms with Crippen molar-refractivity contribution in [2.24, 2.45) is 11.8 Å². The first kappa shape index (κ1) is 13.4. The van der Waals surface area contributed by atoms with E-state index in [2.05, 4.69) is 4.90 Å². The molecule has 0 bridgehead atoms. The third-order valence-electron chi connectivity index (χ3n) is 5.03. The van der Waals surface area contributed by atoms with E-state index >= 15 is 0 Å². The summed E-state index contributed by atoms with van der Waals surface area (Å²) in [5.41, 5.74) is 0.983. The smallest absolute Gasteiger partial charge is 0.321 e. The first-order valence-corrected chi connectivity index (χ1v) is 7.35. The lowest BCUT2D eigenvalue weighted by atomic mass is 9.94. The molecule has 4 atom stereocenters. The van der Waals surface area contributed by atoms with Crippen LogP contribution in [0.15, 0.2) is 24.3 Å². The summed E-state index contributed by atoms with van der Waals surface area (Å²) >= 11 is 0. The number of rotatable bonds is 3. The second-order valence-electron chi connectivity index (χ2n) is 6.11. The molecule has 108 valence electrons. The van der Waals surface area contributed by atoms with Crippen LogP contribution in [0.25, 0.3) is 0 Å². The molecule has 3 rings (SSSR count). The number of phenolic OH excluding ortho intramolecular Hbond substituents is 1. The molecule has 1 saturated carbocycles. The number of likely N-dealkylation sites (tertiary alicyclic amines) is 1. The molecule has 1 aliphatic heterocycles. The van der Waals surface area contributed by atoms with Gasteiger partial charge >= 0.3 is 5.97 Å². The van der Waals surface area contributed by atoms with E-state index < -0.39 is 5.97 Å². The molecule has 0 spiro atoms. The quantitative estimate of drug-likeness (QED) is 0.890. The number of hydrogen-bond acceptors (Lipinski definition) is 3. The lowest BCUT2D eigenvalue weighted by Gasteiger charge is -2.30. The monoisotopic (exact) mass is 275 g/mol. The van der Waals surface area contributed by atoms with Gasteiger partial charge in [0.05, 0.1) is 0 Å². The van der Waals surface area contributed by atoms with Gasteiger partial charge in [-0.1, -0.05) is 18.6 Å². The summed E-state index contributed by atoms with van der Waals surface area (Å²) in [4.78, 5) is 13.8. The molecule has 0 aromatic heterocycles. The van der Waals surface area contributed by atoms with Gasteiger partial charge in [-0.15, -0.1) is 0 Å². The largest absolute Gasteiger partial charge is 0.508 e. The fraction of sp³-hybridized carbons (Fsp3) is 0.562. The van der Waals surface area contributed by atoms with Crippen molar-refractivity contribution in [3.63, 3.8) is 0 Å². The van der Waals surface area contributed by atoms with Gasteiger partial charge in [0.25, 0.3) is 0 Å². The Bertz CT molecular complexity index is 516. The highest BCUT2D eigenvalue weighted by Crippen LogP contribution is 2.45. The molecule has 2 N–H and O–H groups in total. The number of aromatic hydroxyl groups is 1. The van der Waals surface area contributed by atoms with E-state index in [0.717, 1.165) is 31.4 Å². The van der Waals surface area contributed by atoms with Crippen molar-refractivity contribution in [2.45, 2.75) is 38.3 Å². The van der Waals surface area contributed by atoms with Crippen LogP contribution in [0, 0.1) is 11.8 Å². The molecule has 2 fully saturated rings. The fourth-order valence-electron chi connectivity index (χ4n) is 4.04. The van der Waals surface area contributed by atoms with E-state index in [4.69, 9.17) is 0 Å². The van der Waals surface area contributed by atoms with Gasteiger partial charge < -0.3 is 10.2 Å². The van der Waals surface area contributed by atoms with Gasteiger partial charge in [0.1, 0.15) is 11.8 Å². The molecule has 0 radical (unpaired) electrons. The van der Waals surface area contributed by atoms with Gasteiger partial charge in [0.15, 0.2) is 0 Å². The standard InChI is InChI=1S/C16H21NO3/c1-10(11-4-2-6-13(18)8-11)17-9-12-5-3-7-14(12)15(17)16(19)20/h2,4,6,8,10,12,14-15,18H,3,5,7,9H2,1H3,(H,19,20). The summed E-state index contributed by atoms with van der Waals surface area (Å²) in [5, 5.41) is 19.2. The molecule has 0 amide bonds. The van der Waals surface area contributed by atoms with Crippen molar-refractivity contribution < 1.29 is 15.0 Å². The van der Waals surface area contributed by atoms with Crippen LogP contribution < -0.4 is 0 Å². The second-order valence-corrected chi connectivity index (χ2v) is 6.11. The lowest BCUT2D eigenvalue weighted by molar-refractivity contribution is -0.144. The van der Waals surface area contributed by atoms with Crippen LogP contribution in [0.2, 0.25) is 0 Å². The van der Waals surface area contributed by atoms with Crippen LogP contribution in [0.3, 0.4) is 0 Å². The van der Waals surface area contributed by atoms with Crippen molar-refractivity contribution in [3.8, 4) is 5.75 Å². The number of carboxylic acid groups (broad SMARTS) is 1. The van der Waals surface area contributed by atoms with Gasteiger partial charge in [-0.2, -0.15) is 0 Å². The average Bonchev–Trinajstić information content (AvgIpc) is 2.96. The summed E-state index contributed by atoms with van der Waals surface area (Å²) in [7, 11) is 0. The van der Waals surface area contributed by atoms with Crippen molar-refractivity contribution in [3.05, 3.63) is 29.8 Å². The molecule has 1 heterocycles. The van der Waals surface area contributed by atoms with Gasteiger partial charge in [-0.05, 0) is 49.3 Å². The zero-order valence-corrected chi connectivity index (χ0v) is 11.7. The van der Waals surface area contributed by atoms with Crippen molar-refractivity contribution >= 4 is 5.97 Å². The normalized spacial score (nSPS) is 31.1. The van der Waals surface area contributed by atoms with Crippen LogP contribution in [-0.4, -0.2) is 33.7 Å². The van der Waals surface area contributed by atoms with E-state index in [1.807, 2.05) is 19.1 Å². The van der Waals surface area contributed by atoms with Gasteiger partial charge in [-0.3, -0.25) is 9.69 Å². The Morgan fingerprint density at radius 3 is 2.90 bits per heavy atom. The van der Waals surface area contributed by atoms with Gasteiger partial charge in [0.2, 0.25) is 0 Å². The van der Waals surface area contributed by atoms with Crippen molar-refractivity contribution in [2.75, 3.05) is 6.54 Å². The van der Waals surface area contributed by atoms with E-state index in [9.17, 15) is 15.0 Å². The Morgan fingerprint density at radius 1 is 1.40 bits per heavy atom. The number of hydrogen-bond donors (Lipinski definition) is 2. The Morgan fingerprint density at radius 2 is 2.20 bits per heavy atom. The molecular weight excluding hydrogens is 254 g/mol. The first-order valence-electron chi connectivity index (χ1n) is 7.35. The van der Waals surface area contributed by atoms with Crippen molar-refractivity contribution in [1.82, 2.24) is 4.90 Å². The summed E-state index contributed by atoms with van der Waals surface area (Å²) in [6.45, 7) is 2.89. The highest BCUT2D eigenvalue weighted by Gasteiger charge is 2.49. The summed E-state index contributed by atoms with van der Waals surface area (Å²) in [6, 6.07) is 6.79. The minimum Gasteiger partial charge on any atom is -0.508 e. The molecule has 4 heteroatoms. The molecule has 1 aliphatic carbocycles. The summed E-state index contributed by atoms with van der Waals surface area (Å²) < 4.78 is 0. The lowest BCUT2D eigenvalue weighted by Crippen LogP contribution is -2.41. The Balaban J connectivity index is 1.87. The number of nitrogens with zero attached hydrogens (tertiary/aromatic N) is 1. The zero-order valence-electron chi connectivity index (χ0n) is 11.7. The van der Waals surface area contributed by atoms with Crippen molar-refractivity contribution in [1.29, 1.82) is 0 Å². The Hall–Kier alpha value is -1.55. The average molecular weight is 275 g/mol. The SMILES string of the molecule is CC(c1cccc(O)c1)N1CC2CCCC2C1C(=O)O. The van der Waals surface area contributed by atoms with Crippen LogP contribution in [-0.2, 0) is 4.79 Å². The number of carbonyl (C=O) groups is 1. The minimum atomic E-state index is -0.702. The molecular formula is C16H21NO3. The zero-order chi connectivity index (χ0) is 14.3. The van der Waals surface area contributed by atoms with Crippen LogP contribution in [0.4, 0.5) is 0 Å². The van der Waals surface area contributed by atoms with E-state index in [0.29, 0.717) is 11.8 Å². The Labute approximate surface area is 119 Å². The minimum absolute atomic E-state index is 0.0220. The topological polar surface area (TPSA) is 60.8 Å². The third kappa shape index (κ3) is 2.18. The number of phenols is 1. The predicted octanol–water partition coefficient (Wildman–Crippen LogP) is 2.64. The van der Waals surface area contributed by atoms with Crippen LogP contribution >= 0.6 is 0 Å². The third-order valence-corrected chi connectivity index (χ3v) is 5.03. The number of aliphatic carboxylic acids is 1. The van der Waals surface area contributed by atoms with Crippen LogP contribution in [0.1, 0.15) is 37.8 Å².